The van der Waals surface area contributed by atoms with Gasteiger partial charge in [0.1, 0.15) is 5.82 Å². The Morgan fingerprint density at radius 3 is 3.00 bits per heavy atom. The zero-order valence-corrected chi connectivity index (χ0v) is 12.0. The van der Waals surface area contributed by atoms with Crippen LogP contribution in [-0.2, 0) is 5.75 Å². The van der Waals surface area contributed by atoms with Gasteiger partial charge < -0.3 is 4.42 Å². The predicted molar refractivity (Wildman–Crippen MR) is 75.5 cm³/mol. The minimum absolute atomic E-state index is 0.240. The standard InChI is InChI=1S/C13H8BrFN2OS/c14-9-4-3-8(10(15)6-9)7-19-13-17-12-11(18-13)2-1-5-16-12/h1-6H,7H2. The average Bonchev–Trinajstić information content (AvgIpc) is 2.80. The molecule has 0 aliphatic rings. The molecule has 1 aromatic carbocycles. The van der Waals surface area contributed by atoms with Crippen LogP contribution >= 0.6 is 27.7 Å². The molecule has 0 spiro atoms. The number of halogens is 2. The van der Waals surface area contributed by atoms with Crippen molar-refractivity contribution in [3.63, 3.8) is 0 Å². The fourth-order valence-electron chi connectivity index (χ4n) is 1.59. The molecule has 0 N–H and O–H groups in total. The molecule has 2 heterocycles. The van der Waals surface area contributed by atoms with Crippen molar-refractivity contribution in [3.8, 4) is 0 Å². The molecule has 0 radical (unpaired) electrons. The summed E-state index contributed by atoms with van der Waals surface area (Å²) in [6.07, 6.45) is 1.66. The number of hydrogen-bond acceptors (Lipinski definition) is 4. The Morgan fingerprint density at radius 2 is 2.21 bits per heavy atom. The maximum Gasteiger partial charge on any atom is 0.258 e. The number of aromatic nitrogens is 2. The van der Waals surface area contributed by atoms with Gasteiger partial charge in [-0.25, -0.2) is 9.37 Å². The van der Waals surface area contributed by atoms with Crippen molar-refractivity contribution in [2.45, 2.75) is 11.0 Å². The third-order valence-corrected chi connectivity index (χ3v) is 3.88. The van der Waals surface area contributed by atoms with Gasteiger partial charge in [-0.3, -0.25) is 0 Å². The summed E-state index contributed by atoms with van der Waals surface area (Å²) in [7, 11) is 0. The fraction of sp³-hybridized carbons (Fsp3) is 0.0769. The minimum Gasteiger partial charge on any atom is -0.430 e. The Morgan fingerprint density at radius 1 is 1.32 bits per heavy atom. The van der Waals surface area contributed by atoms with E-state index >= 15 is 0 Å². The van der Waals surface area contributed by atoms with E-state index in [4.69, 9.17) is 4.42 Å². The second kappa shape index (κ2) is 5.30. The maximum atomic E-state index is 13.7. The fourth-order valence-corrected chi connectivity index (χ4v) is 2.74. The molecule has 96 valence electrons. The first-order valence-electron chi connectivity index (χ1n) is 5.50. The van der Waals surface area contributed by atoms with Crippen molar-refractivity contribution in [2.75, 3.05) is 0 Å². The highest BCUT2D eigenvalue weighted by atomic mass is 79.9. The van der Waals surface area contributed by atoms with E-state index in [9.17, 15) is 4.39 Å². The number of hydrogen-bond donors (Lipinski definition) is 0. The molecule has 0 unspecified atom stereocenters. The Kier molecular flexibility index (Phi) is 3.52. The molecule has 0 saturated heterocycles. The zero-order chi connectivity index (χ0) is 13.2. The molecule has 0 amide bonds. The molecule has 0 atom stereocenters. The molecule has 6 heteroatoms. The van der Waals surface area contributed by atoms with Crippen molar-refractivity contribution in [1.82, 2.24) is 9.97 Å². The van der Waals surface area contributed by atoms with Crippen LogP contribution in [0.1, 0.15) is 5.56 Å². The first kappa shape index (κ1) is 12.6. The van der Waals surface area contributed by atoms with Crippen LogP contribution in [0.15, 0.2) is 50.6 Å². The molecule has 0 fully saturated rings. The maximum absolute atomic E-state index is 13.7. The van der Waals surface area contributed by atoms with Crippen molar-refractivity contribution in [3.05, 3.63) is 52.4 Å². The summed E-state index contributed by atoms with van der Waals surface area (Å²) in [6, 6.07) is 8.60. The van der Waals surface area contributed by atoms with E-state index in [0.717, 1.165) is 4.47 Å². The van der Waals surface area contributed by atoms with Gasteiger partial charge in [0.2, 0.25) is 0 Å². The van der Waals surface area contributed by atoms with Gasteiger partial charge in [0, 0.05) is 16.4 Å². The summed E-state index contributed by atoms with van der Waals surface area (Å²) < 4.78 is 19.9. The molecule has 0 aliphatic carbocycles. The third kappa shape index (κ3) is 2.79. The summed E-state index contributed by atoms with van der Waals surface area (Å²) in [5, 5.41) is 0.496. The minimum atomic E-state index is -0.240. The monoisotopic (exact) mass is 338 g/mol. The van der Waals surface area contributed by atoms with E-state index in [1.165, 1.54) is 17.8 Å². The van der Waals surface area contributed by atoms with Crippen molar-refractivity contribution < 1.29 is 8.81 Å². The Bertz CT molecular complexity index is 698. The average molecular weight is 339 g/mol. The number of benzene rings is 1. The van der Waals surface area contributed by atoms with Gasteiger partial charge in [-0.05, 0) is 29.8 Å². The van der Waals surface area contributed by atoms with Gasteiger partial charge in [0.15, 0.2) is 11.2 Å². The largest absolute Gasteiger partial charge is 0.430 e. The van der Waals surface area contributed by atoms with Gasteiger partial charge in [0.05, 0.1) is 0 Å². The normalized spacial score (nSPS) is 11.1. The smallest absolute Gasteiger partial charge is 0.258 e. The van der Waals surface area contributed by atoms with Crippen molar-refractivity contribution >= 4 is 38.9 Å². The van der Waals surface area contributed by atoms with Crippen LogP contribution in [0.5, 0.6) is 0 Å². The van der Waals surface area contributed by atoms with E-state index in [2.05, 4.69) is 25.9 Å². The van der Waals surface area contributed by atoms with Crippen LogP contribution in [0.3, 0.4) is 0 Å². The van der Waals surface area contributed by atoms with Crippen LogP contribution in [0.2, 0.25) is 0 Å². The SMILES string of the molecule is Fc1cc(Br)ccc1CSc1nc2ncccc2o1. The number of oxazole rings is 1. The Balaban J connectivity index is 1.78. The van der Waals surface area contributed by atoms with Crippen LogP contribution in [-0.4, -0.2) is 9.97 Å². The summed E-state index contributed by atoms with van der Waals surface area (Å²) in [5.41, 5.74) is 1.82. The number of nitrogens with zero attached hydrogens (tertiary/aromatic N) is 2. The second-order valence-corrected chi connectivity index (χ2v) is 5.67. The summed E-state index contributed by atoms with van der Waals surface area (Å²) in [6.45, 7) is 0. The summed E-state index contributed by atoms with van der Waals surface area (Å²) in [5.74, 6) is 0.225. The van der Waals surface area contributed by atoms with Crippen molar-refractivity contribution in [1.29, 1.82) is 0 Å². The molecule has 2 aromatic heterocycles. The van der Waals surface area contributed by atoms with Crippen LogP contribution in [0, 0.1) is 5.82 Å². The Labute approximate surface area is 121 Å². The lowest BCUT2D eigenvalue weighted by molar-refractivity contribution is 0.489. The van der Waals surface area contributed by atoms with Crippen LogP contribution in [0.4, 0.5) is 4.39 Å². The van der Waals surface area contributed by atoms with E-state index < -0.39 is 0 Å². The topological polar surface area (TPSA) is 38.9 Å². The highest BCUT2D eigenvalue weighted by molar-refractivity contribution is 9.10. The first-order valence-corrected chi connectivity index (χ1v) is 7.28. The lowest BCUT2D eigenvalue weighted by atomic mass is 10.2. The van der Waals surface area contributed by atoms with Gasteiger partial charge >= 0.3 is 0 Å². The highest BCUT2D eigenvalue weighted by Crippen LogP contribution is 2.27. The Hall–Kier alpha value is -1.40. The number of rotatable bonds is 3. The van der Waals surface area contributed by atoms with E-state index in [1.54, 1.807) is 24.4 Å². The molecular formula is C13H8BrFN2OS. The second-order valence-electron chi connectivity index (χ2n) is 3.83. The van der Waals surface area contributed by atoms with Gasteiger partial charge in [-0.2, -0.15) is 4.98 Å². The van der Waals surface area contributed by atoms with E-state index in [-0.39, 0.29) is 5.82 Å². The zero-order valence-electron chi connectivity index (χ0n) is 9.64. The number of thioether (sulfide) groups is 1. The molecule has 0 aliphatic heterocycles. The molecule has 3 nitrogen and oxygen atoms in total. The predicted octanol–water partition coefficient (Wildman–Crippen LogP) is 4.42. The molecular weight excluding hydrogens is 331 g/mol. The molecule has 3 aromatic rings. The van der Waals surface area contributed by atoms with Gasteiger partial charge in [0.25, 0.3) is 5.22 Å². The van der Waals surface area contributed by atoms with E-state index in [1.807, 2.05) is 6.07 Å². The summed E-state index contributed by atoms with van der Waals surface area (Å²) in [4.78, 5) is 8.32. The number of pyridine rings is 1. The molecule has 19 heavy (non-hydrogen) atoms. The molecule has 0 bridgehead atoms. The molecule has 0 saturated carbocycles. The molecule has 3 rings (SSSR count). The number of fused-ring (bicyclic) bond motifs is 1. The lowest BCUT2D eigenvalue weighted by Crippen LogP contribution is -1.87. The van der Waals surface area contributed by atoms with Gasteiger partial charge in [-0.1, -0.05) is 33.8 Å². The lowest BCUT2D eigenvalue weighted by Gasteiger charge is -2.01. The van der Waals surface area contributed by atoms with E-state index in [0.29, 0.717) is 27.8 Å². The first-order chi connectivity index (χ1) is 9.22. The summed E-state index contributed by atoms with van der Waals surface area (Å²) >= 11 is 4.58. The third-order valence-electron chi connectivity index (χ3n) is 2.51. The van der Waals surface area contributed by atoms with Gasteiger partial charge in [-0.15, -0.1) is 0 Å². The van der Waals surface area contributed by atoms with Crippen LogP contribution < -0.4 is 0 Å². The van der Waals surface area contributed by atoms with Crippen LogP contribution in [0.25, 0.3) is 11.2 Å². The highest BCUT2D eigenvalue weighted by Gasteiger charge is 2.09. The quantitative estimate of drug-likeness (QED) is 0.663. The van der Waals surface area contributed by atoms with Crippen molar-refractivity contribution in [2.24, 2.45) is 0 Å².